The number of rotatable bonds is 4. The second-order valence-electron chi connectivity index (χ2n) is 14.7. The molecular formula is C30H52O4. The molecule has 4 heteroatoms. The van der Waals surface area contributed by atoms with Crippen LogP contribution < -0.4 is 0 Å². The van der Waals surface area contributed by atoms with E-state index in [0.717, 1.165) is 51.4 Å². The number of hydrogen-bond donors (Lipinski definition) is 4. The van der Waals surface area contributed by atoms with E-state index in [9.17, 15) is 20.4 Å². The van der Waals surface area contributed by atoms with Crippen LogP contribution >= 0.6 is 0 Å². The number of fused-ring (bicyclic) bond motifs is 5. The Morgan fingerprint density at radius 1 is 0.941 bits per heavy atom. The molecule has 0 heterocycles. The maximum absolute atomic E-state index is 11.8. The standard InChI is InChI=1S/C30H52O4/c1-18(2)10-9-13-30(8,34)19-11-15-28(6)24(19)20(31)16-22-27(5)14-12-23(33)26(3,4)25(27)21(32)17-29(22,28)7/h10,19-25,31-34H,9,11-17H2,1-8H3/t19-,20+,21-,22+,23-,24-,25-,27+,28?,29+,30+/m0/s1. The van der Waals surface area contributed by atoms with Gasteiger partial charge in [-0.25, -0.2) is 0 Å². The molecule has 0 radical (unpaired) electrons. The van der Waals surface area contributed by atoms with Crippen molar-refractivity contribution in [2.75, 3.05) is 0 Å². The van der Waals surface area contributed by atoms with Crippen LogP contribution in [0.5, 0.6) is 0 Å². The van der Waals surface area contributed by atoms with Crippen molar-refractivity contribution in [2.45, 2.75) is 131 Å². The summed E-state index contributed by atoms with van der Waals surface area (Å²) in [7, 11) is 0. The third-order valence-corrected chi connectivity index (χ3v) is 12.3. The minimum Gasteiger partial charge on any atom is -0.393 e. The number of hydrogen-bond acceptors (Lipinski definition) is 4. The van der Waals surface area contributed by atoms with Gasteiger partial charge in [-0.15, -0.1) is 0 Å². The molecule has 4 fully saturated rings. The van der Waals surface area contributed by atoms with Gasteiger partial charge in [0.05, 0.1) is 23.9 Å². The van der Waals surface area contributed by atoms with E-state index in [1.807, 2.05) is 6.92 Å². The van der Waals surface area contributed by atoms with E-state index in [0.29, 0.717) is 5.92 Å². The molecule has 34 heavy (non-hydrogen) atoms. The Morgan fingerprint density at radius 2 is 1.59 bits per heavy atom. The number of aliphatic hydroxyl groups excluding tert-OH is 3. The zero-order valence-corrected chi connectivity index (χ0v) is 23.1. The van der Waals surface area contributed by atoms with Crippen LogP contribution in [-0.2, 0) is 0 Å². The predicted octanol–water partition coefficient (Wildman–Crippen LogP) is 5.47. The molecule has 0 saturated heterocycles. The van der Waals surface area contributed by atoms with Crippen molar-refractivity contribution < 1.29 is 20.4 Å². The van der Waals surface area contributed by atoms with Crippen LogP contribution in [0.15, 0.2) is 11.6 Å². The molecule has 0 amide bonds. The van der Waals surface area contributed by atoms with Crippen LogP contribution in [0.25, 0.3) is 0 Å². The minimum absolute atomic E-state index is 0.0264. The molecule has 11 atom stereocenters. The second kappa shape index (κ2) is 8.30. The Labute approximate surface area is 208 Å². The Morgan fingerprint density at radius 3 is 2.21 bits per heavy atom. The maximum Gasteiger partial charge on any atom is 0.0654 e. The quantitative estimate of drug-likeness (QED) is 0.406. The summed E-state index contributed by atoms with van der Waals surface area (Å²) in [6.45, 7) is 17.5. The molecule has 196 valence electrons. The third-order valence-electron chi connectivity index (χ3n) is 12.3. The van der Waals surface area contributed by atoms with Gasteiger partial charge < -0.3 is 20.4 Å². The van der Waals surface area contributed by atoms with Crippen LogP contribution in [0.1, 0.15) is 107 Å². The van der Waals surface area contributed by atoms with Crippen molar-refractivity contribution in [1.82, 2.24) is 0 Å². The summed E-state index contributed by atoms with van der Waals surface area (Å²) >= 11 is 0. The molecule has 4 rings (SSSR count). The topological polar surface area (TPSA) is 80.9 Å². The van der Waals surface area contributed by atoms with Crippen LogP contribution in [0.3, 0.4) is 0 Å². The summed E-state index contributed by atoms with van der Waals surface area (Å²) in [4.78, 5) is 0. The molecular weight excluding hydrogens is 424 g/mol. The smallest absolute Gasteiger partial charge is 0.0654 e. The molecule has 4 nitrogen and oxygen atoms in total. The molecule has 0 aliphatic heterocycles. The third kappa shape index (κ3) is 3.60. The summed E-state index contributed by atoms with van der Waals surface area (Å²) in [6.07, 6.45) is 7.54. The van der Waals surface area contributed by atoms with Gasteiger partial charge >= 0.3 is 0 Å². The lowest BCUT2D eigenvalue weighted by Gasteiger charge is -2.71. The van der Waals surface area contributed by atoms with Gasteiger partial charge in [-0.2, -0.15) is 0 Å². The molecule has 1 unspecified atom stereocenters. The fourth-order valence-corrected chi connectivity index (χ4v) is 10.5. The Hall–Kier alpha value is -0.420. The molecule has 4 saturated carbocycles. The molecule has 0 bridgehead atoms. The Balaban J connectivity index is 1.70. The minimum atomic E-state index is -0.810. The van der Waals surface area contributed by atoms with Gasteiger partial charge in [0.1, 0.15) is 0 Å². The molecule has 0 aromatic carbocycles. The van der Waals surface area contributed by atoms with Crippen molar-refractivity contribution in [3.05, 3.63) is 11.6 Å². The van der Waals surface area contributed by atoms with Crippen molar-refractivity contribution >= 4 is 0 Å². The zero-order chi connectivity index (χ0) is 25.5. The van der Waals surface area contributed by atoms with Crippen molar-refractivity contribution in [3.63, 3.8) is 0 Å². The average Bonchev–Trinajstić information content (AvgIpc) is 3.07. The van der Waals surface area contributed by atoms with E-state index in [4.69, 9.17) is 0 Å². The predicted molar refractivity (Wildman–Crippen MR) is 137 cm³/mol. The van der Waals surface area contributed by atoms with Gasteiger partial charge in [-0.1, -0.05) is 46.3 Å². The van der Waals surface area contributed by atoms with E-state index < -0.39 is 23.9 Å². The highest BCUT2D eigenvalue weighted by Gasteiger charge is 2.72. The first kappa shape index (κ1) is 26.6. The molecule has 0 aromatic heterocycles. The number of aliphatic hydroxyl groups is 4. The van der Waals surface area contributed by atoms with E-state index in [-0.39, 0.29) is 39.4 Å². The highest BCUT2D eigenvalue weighted by Crippen LogP contribution is 2.75. The summed E-state index contributed by atoms with van der Waals surface area (Å²) in [5.41, 5.74) is -0.230. The van der Waals surface area contributed by atoms with Crippen LogP contribution in [0, 0.1) is 45.3 Å². The Bertz CT molecular complexity index is 813. The maximum atomic E-state index is 11.8. The first-order valence-electron chi connectivity index (χ1n) is 13.9. The largest absolute Gasteiger partial charge is 0.393 e. The highest BCUT2D eigenvalue weighted by atomic mass is 16.3. The van der Waals surface area contributed by atoms with Crippen molar-refractivity contribution in [2.24, 2.45) is 45.3 Å². The number of allylic oxidation sites excluding steroid dienone is 2. The SMILES string of the molecule is CC(C)=CCC[C@@](C)(O)[C@H]1CCC2(C)[C@@H]1[C@H](O)C[C@@H]1[C@@]3(C)CC[C@H](O)C(C)(C)[C@@H]3[C@@H](O)C[C@]12C. The normalized spacial score (nSPS) is 51.6. The second-order valence-corrected chi connectivity index (χ2v) is 14.7. The fraction of sp³-hybridized carbons (Fsp3) is 0.933. The zero-order valence-electron chi connectivity index (χ0n) is 23.1. The van der Waals surface area contributed by atoms with Gasteiger partial charge in [0.25, 0.3) is 0 Å². The average molecular weight is 477 g/mol. The van der Waals surface area contributed by atoms with Crippen molar-refractivity contribution in [1.29, 1.82) is 0 Å². The Kier molecular flexibility index (Phi) is 6.50. The van der Waals surface area contributed by atoms with E-state index in [2.05, 4.69) is 54.5 Å². The molecule has 4 aliphatic carbocycles. The van der Waals surface area contributed by atoms with Crippen LogP contribution in [0.4, 0.5) is 0 Å². The summed E-state index contributed by atoms with van der Waals surface area (Å²) in [6, 6.07) is 0. The summed E-state index contributed by atoms with van der Waals surface area (Å²) < 4.78 is 0. The lowest BCUT2D eigenvalue weighted by Crippen LogP contribution is -2.69. The molecule has 4 aliphatic rings. The monoisotopic (exact) mass is 476 g/mol. The van der Waals surface area contributed by atoms with Crippen LogP contribution in [0.2, 0.25) is 0 Å². The van der Waals surface area contributed by atoms with Gasteiger partial charge in [0, 0.05) is 0 Å². The van der Waals surface area contributed by atoms with E-state index >= 15 is 0 Å². The van der Waals surface area contributed by atoms with Gasteiger partial charge in [0.2, 0.25) is 0 Å². The van der Waals surface area contributed by atoms with E-state index in [1.165, 1.54) is 5.57 Å². The molecule has 0 spiro atoms. The summed E-state index contributed by atoms with van der Waals surface area (Å²) in [5.74, 6) is 0.442. The van der Waals surface area contributed by atoms with Crippen LogP contribution in [-0.4, -0.2) is 44.3 Å². The van der Waals surface area contributed by atoms with Gasteiger partial charge in [-0.05, 0) is 117 Å². The van der Waals surface area contributed by atoms with Gasteiger partial charge in [0.15, 0.2) is 0 Å². The molecule has 4 N–H and O–H groups in total. The molecule has 0 aromatic rings. The van der Waals surface area contributed by atoms with Crippen molar-refractivity contribution in [3.8, 4) is 0 Å². The highest BCUT2D eigenvalue weighted by molar-refractivity contribution is 5.21. The lowest BCUT2D eigenvalue weighted by molar-refractivity contribution is -0.274. The summed E-state index contributed by atoms with van der Waals surface area (Å²) in [5, 5.41) is 46.0. The van der Waals surface area contributed by atoms with E-state index in [1.54, 1.807) is 0 Å². The van der Waals surface area contributed by atoms with Gasteiger partial charge in [-0.3, -0.25) is 0 Å². The first-order chi connectivity index (χ1) is 15.5. The fourth-order valence-electron chi connectivity index (χ4n) is 10.5. The first-order valence-corrected chi connectivity index (χ1v) is 13.9. The lowest BCUT2D eigenvalue weighted by atomic mass is 9.34.